The van der Waals surface area contributed by atoms with Gasteiger partial charge in [0.05, 0.1) is 11.1 Å². The number of nitrogens with zero attached hydrogens (tertiary/aromatic N) is 2. The zero-order valence-corrected chi connectivity index (χ0v) is 9.72. The Morgan fingerprint density at radius 3 is 2.70 bits per heavy atom. The van der Waals surface area contributed by atoms with Crippen molar-refractivity contribution in [3.63, 3.8) is 0 Å². The Hall–Kier alpha value is -2.58. The predicted octanol–water partition coefficient (Wildman–Crippen LogP) is 2.37. The third-order valence-corrected chi connectivity index (χ3v) is 2.30. The molecule has 0 radical (unpaired) electrons. The van der Waals surface area contributed by atoms with Gasteiger partial charge in [0.1, 0.15) is 5.75 Å². The third-order valence-electron chi connectivity index (χ3n) is 2.30. The summed E-state index contributed by atoms with van der Waals surface area (Å²) in [5.74, 6) is -1.90. The van der Waals surface area contributed by atoms with Crippen molar-refractivity contribution in [2.75, 3.05) is 0 Å². The lowest BCUT2D eigenvalue weighted by molar-refractivity contribution is -0.139. The van der Waals surface area contributed by atoms with E-state index in [1.54, 1.807) is 0 Å². The fourth-order valence-electron chi connectivity index (χ4n) is 1.41. The second kappa shape index (κ2) is 5.19. The summed E-state index contributed by atoms with van der Waals surface area (Å²) in [5.41, 5.74) is -1.66. The van der Waals surface area contributed by atoms with E-state index in [0.29, 0.717) is 6.07 Å². The van der Waals surface area contributed by atoms with E-state index in [1.165, 1.54) is 0 Å². The van der Waals surface area contributed by atoms with Crippen LogP contribution in [0.25, 0.3) is 0 Å². The van der Waals surface area contributed by atoms with Crippen LogP contribution in [0.15, 0.2) is 29.1 Å². The van der Waals surface area contributed by atoms with Crippen molar-refractivity contribution in [2.24, 2.45) is 0 Å². The second-order valence-electron chi connectivity index (χ2n) is 3.65. The Labute approximate surface area is 109 Å². The van der Waals surface area contributed by atoms with E-state index in [-0.39, 0.29) is 12.4 Å². The lowest BCUT2D eigenvalue weighted by Gasteiger charge is -2.13. The van der Waals surface area contributed by atoms with Crippen molar-refractivity contribution in [3.8, 4) is 5.75 Å². The van der Waals surface area contributed by atoms with Crippen molar-refractivity contribution < 1.29 is 32.3 Å². The van der Waals surface area contributed by atoms with Crippen LogP contribution in [0.3, 0.4) is 0 Å². The van der Waals surface area contributed by atoms with Gasteiger partial charge in [0.25, 0.3) is 0 Å². The van der Waals surface area contributed by atoms with E-state index in [2.05, 4.69) is 14.7 Å². The number of benzene rings is 1. The van der Waals surface area contributed by atoms with Gasteiger partial charge in [0, 0.05) is 0 Å². The van der Waals surface area contributed by atoms with E-state index in [1.807, 2.05) is 0 Å². The Morgan fingerprint density at radius 2 is 2.15 bits per heavy atom. The fraction of sp³-hybridized carbons (Fsp3) is 0.182. The minimum Gasteiger partial charge on any atom is -0.485 e. The summed E-state index contributed by atoms with van der Waals surface area (Å²) in [5, 5.41) is 12.1. The van der Waals surface area contributed by atoms with Crippen LogP contribution >= 0.6 is 0 Å². The average molecular weight is 288 g/mol. The summed E-state index contributed by atoms with van der Waals surface area (Å²) in [7, 11) is 0. The molecule has 1 aromatic carbocycles. The number of carboxylic acid groups (broad SMARTS) is 1. The van der Waals surface area contributed by atoms with Crippen LogP contribution in [0, 0.1) is 0 Å². The Kier molecular flexibility index (Phi) is 3.59. The SMILES string of the molecule is O=C(O)c1ccc(OCc2ncon2)c(C(F)(F)F)c1. The molecule has 20 heavy (non-hydrogen) atoms. The third kappa shape index (κ3) is 3.05. The molecule has 0 atom stereocenters. The van der Waals surface area contributed by atoms with Gasteiger partial charge in [-0.15, -0.1) is 0 Å². The minimum atomic E-state index is -4.74. The van der Waals surface area contributed by atoms with Crippen LogP contribution in [0.5, 0.6) is 5.75 Å². The van der Waals surface area contributed by atoms with Crippen LogP contribution in [-0.2, 0) is 12.8 Å². The zero-order chi connectivity index (χ0) is 14.8. The molecule has 0 fully saturated rings. The largest absolute Gasteiger partial charge is 0.485 e. The predicted molar refractivity (Wildman–Crippen MR) is 57.0 cm³/mol. The highest BCUT2D eigenvalue weighted by atomic mass is 19.4. The summed E-state index contributed by atoms with van der Waals surface area (Å²) in [6, 6.07) is 2.46. The summed E-state index contributed by atoms with van der Waals surface area (Å²) >= 11 is 0. The molecule has 0 saturated heterocycles. The molecule has 9 heteroatoms. The fourth-order valence-corrected chi connectivity index (χ4v) is 1.41. The summed E-state index contributed by atoms with van der Waals surface area (Å²) in [4.78, 5) is 14.3. The van der Waals surface area contributed by atoms with Crippen LogP contribution in [0.1, 0.15) is 21.7 Å². The van der Waals surface area contributed by atoms with Gasteiger partial charge in [-0.3, -0.25) is 0 Å². The topological polar surface area (TPSA) is 85.5 Å². The molecule has 0 saturated carbocycles. The Morgan fingerprint density at radius 1 is 1.40 bits per heavy atom. The van der Waals surface area contributed by atoms with Crippen LogP contribution in [0.4, 0.5) is 13.2 Å². The molecule has 0 amide bonds. The van der Waals surface area contributed by atoms with Crippen LogP contribution in [-0.4, -0.2) is 21.2 Å². The minimum absolute atomic E-state index is 0.0698. The van der Waals surface area contributed by atoms with Crippen molar-refractivity contribution in [2.45, 2.75) is 12.8 Å². The molecule has 1 aromatic heterocycles. The van der Waals surface area contributed by atoms with Crippen molar-refractivity contribution >= 4 is 5.97 Å². The monoisotopic (exact) mass is 288 g/mol. The number of alkyl halides is 3. The zero-order valence-electron chi connectivity index (χ0n) is 9.72. The molecule has 106 valence electrons. The van der Waals surface area contributed by atoms with Gasteiger partial charge in [-0.05, 0) is 18.2 Å². The van der Waals surface area contributed by atoms with E-state index >= 15 is 0 Å². The number of carboxylic acids is 1. The summed E-state index contributed by atoms with van der Waals surface area (Å²) in [6.45, 7) is -0.327. The van der Waals surface area contributed by atoms with Gasteiger partial charge in [-0.1, -0.05) is 5.16 Å². The molecule has 0 aliphatic heterocycles. The van der Waals surface area contributed by atoms with E-state index in [9.17, 15) is 18.0 Å². The molecule has 0 aliphatic rings. The maximum absolute atomic E-state index is 12.8. The van der Waals surface area contributed by atoms with Gasteiger partial charge < -0.3 is 14.4 Å². The smallest absolute Gasteiger partial charge is 0.419 e. The highest BCUT2D eigenvalue weighted by molar-refractivity contribution is 5.88. The van der Waals surface area contributed by atoms with Crippen LogP contribution in [0.2, 0.25) is 0 Å². The number of aromatic nitrogens is 2. The molecule has 2 rings (SSSR count). The molecule has 6 nitrogen and oxygen atoms in total. The van der Waals surface area contributed by atoms with Crippen LogP contribution < -0.4 is 4.74 Å². The van der Waals surface area contributed by atoms with Gasteiger partial charge in [0.15, 0.2) is 6.61 Å². The molecule has 1 heterocycles. The Balaban J connectivity index is 2.29. The lowest BCUT2D eigenvalue weighted by atomic mass is 10.1. The molecule has 0 aliphatic carbocycles. The van der Waals surface area contributed by atoms with Gasteiger partial charge in [0.2, 0.25) is 12.2 Å². The summed E-state index contributed by atoms with van der Waals surface area (Å²) in [6.07, 6.45) is -3.73. The normalized spacial score (nSPS) is 11.3. The molecule has 0 unspecified atom stereocenters. The second-order valence-corrected chi connectivity index (χ2v) is 3.65. The average Bonchev–Trinajstić information content (AvgIpc) is 2.88. The molecule has 2 aromatic rings. The maximum atomic E-state index is 12.8. The number of ether oxygens (including phenoxy) is 1. The van der Waals surface area contributed by atoms with Crippen molar-refractivity contribution in [1.29, 1.82) is 0 Å². The first-order valence-corrected chi connectivity index (χ1v) is 5.20. The summed E-state index contributed by atoms with van der Waals surface area (Å²) < 4.78 is 47.9. The number of halogens is 3. The molecular formula is C11H7F3N2O4. The number of rotatable bonds is 4. The van der Waals surface area contributed by atoms with Gasteiger partial charge in [-0.2, -0.15) is 18.2 Å². The van der Waals surface area contributed by atoms with Crippen molar-refractivity contribution in [3.05, 3.63) is 41.5 Å². The molecule has 0 spiro atoms. The van der Waals surface area contributed by atoms with Gasteiger partial charge in [-0.25, -0.2) is 4.79 Å². The molecule has 1 N–H and O–H groups in total. The highest BCUT2D eigenvalue weighted by Gasteiger charge is 2.35. The standard InChI is InChI=1S/C11H7F3N2O4/c12-11(13,14)7-3-6(10(17)18)1-2-8(7)19-4-9-15-5-20-16-9/h1-3,5H,4H2,(H,17,18). The van der Waals surface area contributed by atoms with E-state index < -0.39 is 29.0 Å². The molecular weight excluding hydrogens is 281 g/mol. The number of hydrogen-bond donors (Lipinski definition) is 1. The highest BCUT2D eigenvalue weighted by Crippen LogP contribution is 2.37. The number of hydrogen-bond acceptors (Lipinski definition) is 5. The first kappa shape index (κ1) is 13.8. The lowest BCUT2D eigenvalue weighted by Crippen LogP contribution is -2.11. The van der Waals surface area contributed by atoms with Gasteiger partial charge >= 0.3 is 12.1 Å². The Bertz CT molecular complexity index is 611. The maximum Gasteiger partial charge on any atom is 0.419 e. The first-order chi connectivity index (χ1) is 9.38. The van der Waals surface area contributed by atoms with E-state index in [4.69, 9.17) is 9.84 Å². The van der Waals surface area contributed by atoms with E-state index in [0.717, 1.165) is 18.5 Å². The number of carbonyl (C=O) groups is 1. The number of aromatic carboxylic acids is 1. The quantitative estimate of drug-likeness (QED) is 0.929. The first-order valence-electron chi connectivity index (χ1n) is 5.20. The molecule has 0 bridgehead atoms. The van der Waals surface area contributed by atoms with Crippen molar-refractivity contribution in [1.82, 2.24) is 10.1 Å².